The van der Waals surface area contributed by atoms with Crippen molar-refractivity contribution >= 4 is 42.4 Å². The molecule has 0 N–H and O–H groups in total. The number of pyridine rings is 1. The molecular weight excluding hydrogens is 298 g/mol. The normalized spacial score (nSPS) is 16.3. The van der Waals surface area contributed by atoms with E-state index in [0.717, 1.165) is 11.3 Å². The third kappa shape index (κ3) is 1.89. The van der Waals surface area contributed by atoms with Crippen LogP contribution in [0.4, 0.5) is 0 Å². The fourth-order valence-corrected chi connectivity index (χ4v) is 3.86. The average Bonchev–Trinajstić information content (AvgIpc) is 3.18. The van der Waals surface area contributed by atoms with Crippen molar-refractivity contribution in [3.8, 4) is 11.3 Å². The highest BCUT2D eigenvalue weighted by Gasteiger charge is 2.15. The van der Waals surface area contributed by atoms with Crippen molar-refractivity contribution in [2.75, 3.05) is 0 Å². The predicted octanol–water partition coefficient (Wildman–Crippen LogP) is 6.27. The summed E-state index contributed by atoms with van der Waals surface area (Å²) in [6.45, 7) is 0. The van der Waals surface area contributed by atoms with Crippen LogP contribution in [0.2, 0.25) is 0 Å². The van der Waals surface area contributed by atoms with Gasteiger partial charge in [-0.05, 0) is 12.1 Å². The summed E-state index contributed by atoms with van der Waals surface area (Å²) in [6.07, 6.45) is 0. The van der Waals surface area contributed by atoms with Gasteiger partial charge < -0.3 is 0 Å². The van der Waals surface area contributed by atoms with Gasteiger partial charge in [0.2, 0.25) is 0 Å². The molecule has 0 unspecified atom stereocenters. The molecule has 108 valence electrons. The average molecular weight is 319 g/mol. The zero-order valence-corrected chi connectivity index (χ0v) is 12.6. The zero-order chi connectivity index (χ0) is 22.2. The summed E-state index contributed by atoms with van der Waals surface area (Å²) in [5.74, 6) is 0. The Balaban J connectivity index is 2.17. The van der Waals surface area contributed by atoms with E-state index in [-0.39, 0.29) is 59.2 Å². The Morgan fingerprint density at radius 2 is 1.57 bits per heavy atom. The quantitative estimate of drug-likeness (QED) is 0.355. The van der Waals surface area contributed by atoms with Gasteiger partial charge in [-0.15, -0.1) is 11.3 Å². The standard InChI is InChI=1S/C21H13NS/c1-2-8-14(9-3-1)20-19-16-11-5-7-13-18(16)23-21(19)15-10-4-6-12-17(15)22-20/h1-13H/i4D,5D,6D,7D,10D,11D,12D,13D. The van der Waals surface area contributed by atoms with E-state index in [1.54, 1.807) is 0 Å². The summed E-state index contributed by atoms with van der Waals surface area (Å²) in [4.78, 5) is 4.62. The van der Waals surface area contributed by atoms with Gasteiger partial charge >= 0.3 is 0 Å². The van der Waals surface area contributed by atoms with E-state index in [4.69, 9.17) is 11.0 Å². The van der Waals surface area contributed by atoms with Gasteiger partial charge in [-0.2, -0.15) is 0 Å². The van der Waals surface area contributed by atoms with E-state index < -0.39 is 0 Å². The van der Waals surface area contributed by atoms with Crippen molar-refractivity contribution < 1.29 is 11.0 Å². The molecule has 2 heterocycles. The van der Waals surface area contributed by atoms with Gasteiger partial charge in [0.15, 0.2) is 0 Å². The first-order valence-electron chi connectivity index (χ1n) is 11.0. The maximum absolute atomic E-state index is 8.50. The molecule has 0 saturated carbocycles. The number of para-hydroxylation sites is 1. The van der Waals surface area contributed by atoms with Gasteiger partial charge in [0.05, 0.1) is 22.2 Å². The molecule has 0 fully saturated rings. The van der Waals surface area contributed by atoms with Crippen molar-refractivity contribution in [2.24, 2.45) is 0 Å². The highest BCUT2D eigenvalue weighted by atomic mass is 32.1. The van der Waals surface area contributed by atoms with E-state index in [1.807, 2.05) is 30.3 Å². The van der Waals surface area contributed by atoms with E-state index in [1.165, 1.54) is 0 Å². The molecule has 0 radical (unpaired) electrons. The first kappa shape index (κ1) is 7.24. The second-order valence-corrected chi connectivity index (χ2v) is 6.08. The highest BCUT2D eigenvalue weighted by molar-refractivity contribution is 7.26. The molecule has 1 nitrogen and oxygen atoms in total. The largest absolute Gasteiger partial charge is 0.247 e. The zero-order valence-electron chi connectivity index (χ0n) is 19.7. The fraction of sp³-hybridized carbons (Fsp3) is 0. The second-order valence-electron chi connectivity index (χ2n) is 5.06. The maximum atomic E-state index is 8.50. The van der Waals surface area contributed by atoms with Gasteiger partial charge in [-0.25, -0.2) is 4.98 Å². The van der Waals surface area contributed by atoms with Gasteiger partial charge in [-0.3, -0.25) is 0 Å². The summed E-state index contributed by atoms with van der Waals surface area (Å²) in [5, 5.41) is 1.00. The molecule has 2 aromatic heterocycles. The van der Waals surface area contributed by atoms with Crippen LogP contribution in [0.3, 0.4) is 0 Å². The van der Waals surface area contributed by atoms with Gasteiger partial charge in [0.1, 0.15) is 0 Å². The third-order valence-electron chi connectivity index (χ3n) is 3.74. The number of benzene rings is 3. The van der Waals surface area contributed by atoms with Crippen molar-refractivity contribution in [3.63, 3.8) is 0 Å². The van der Waals surface area contributed by atoms with Gasteiger partial charge in [0.25, 0.3) is 0 Å². The summed E-state index contributed by atoms with van der Waals surface area (Å²) < 4.78 is 66.8. The van der Waals surface area contributed by atoms with Crippen molar-refractivity contribution in [2.45, 2.75) is 0 Å². The summed E-state index contributed by atoms with van der Waals surface area (Å²) >= 11 is 1.10. The minimum Gasteiger partial charge on any atom is -0.247 e. The first-order chi connectivity index (χ1) is 14.7. The van der Waals surface area contributed by atoms with Crippen molar-refractivity contribution in [1.29, 1.82) is 0 Å². The fourth-order valence-electron chi connectivity index (χ4n) is 2.75. The topological polar surface area (TPSA) is 12.9 Å². The first-order valence-corrected chi connectivity index (χ1v) is 7.83. The molecular formula is C21H13NS. The Hall–Kier alpha value is -2.71. The van der Waals surface area contributed by atoms with Crippen LogP contribution in [0.15, 0.2) is 78.7 Å². The minimum atomic E-state index is -0.384. The van der Waals surface area contributed by atoms with Crippen LogP contribution in [0.25, 0.3) is 42.3 Å². The molecule has 5 aromatic rings. The van der Waals surface area contributed by atoms with Crippen LogP contribution < -0.4 is 0 Å². The summed E-state index contributed by atoms with van der Waals surface area (Å²) in [5.41, 5.74) is 1.22. The van der Waals surface area contributed by atoms with Crippen LogP contribution in [0, 0.1) is 0 Å². The SMILES string of the molecule is [2H]c1c([2H])c([2H])c2c(nc(-c3ccccc3)c3c2sc2c([2H])c([2H])c([2H])c([2H])c23)c1[2H]. The number of fused-ring (bicyclic) bond motifs is 5. The smallest absolute Gasteiger partial charge is 0.0802 e. The Labute approximate surface area is 149 Å². The Morgan fingerprint density at radius 1 is 0.826 bits per heavy atom. The van der Waals surface area contributed by atoms with Gasteiger partial charge in [-0.1, -0.05) is 66.6 Å². The number of thiophene rings is 1. The molecule has 0 aliphatic heterocycles. The molecule has 0 aliphatic carbocycles. The summed E-state index contributed by atoms with van der Waals surface area (Å²) in [6, 6.07) is 6.77. The molecule has 2 heteroatoms. The van der Waals surface area contributed by atoms with Crippen LogP contribution >= 0.6 is 11.3 Å². The van der Waals surface area contributed by atoms with Crippen molar-refractivity contribution in [3.05, 3.63) is 78.7 Å². The second kappa shape index (κ2) is 4.90. The minimum absolute atomic E-state index is 0.110. The number of aromatic nitrogens is 1. The third-order valence-corrected chi connectivity index (χ3v) is 4.86. The molecule has 5 rings (SSSR count). The predicted molar refractivity (Wildman–Crippen MR) is 100 cm³/mol. The molecule has 0 aliphatic rings. The Kier molecular flexibility index (Phi) is 1.54. The van der Waals surface area contributed by atoms with Crippen LogP contribution in [-0.2, 0) is 0 Å². The molecule has 0 amide bonds. The van der Waals surface area contributed by atoms with E-state index in [2.05, 4.69) is 4.98 Å². The Morgan fingerprint density at radius 3 is 2.43 bits per heavy atom. The lowest BCUT2D eigenvalue weighted by Gasteiger charge is -2.07. The highest BCUT2D eigenvalue weighted by Crippen LogP contribution is 2.42. The lowest BCUT2D eigenvalue weighted by Crippen LogP contribution is -1.87. The number of hydrogen-bond acceptors (Lipinski definition) is 2. The summed E-state index contributed by atoms with van der Waals surface area (Å²) in [7, 11) is 0. The monoisotopic (exact) mass is 319 g/mol. The molecule has 0 spiro atoms. The molecule has 23 heavy (non-hydrogen) atoms. The Bertz CT molecular complexity index is 1560. The lowest BCUT2D eigenvalue weighted by atomic mass is 10.0. The molecule has 0 bridgehead atoms. The molecule has 3 aromatic carbocycles. The molecule has 0 saturated heterocycles. The maximum Gasteiger partial charge on any atom is 0.0802 e. The number of rotatable bonds is 1. The number of nitrogens with zero attached hydrogens (tertiary/aromatic N) is 1. The lowest BCUT2D eigenvalue weighted by molar-refractivity contribution is 1.43. The van der Waals surface area contributed by atoms with E-state index >= 15 is 0 Å². The van der Waals surface area contributed by atoms with E-state index in [0.29, 0.717) is 31.4 Å². The molecule has 0 atom stereocenters. The van der Waals surface area contributed by atoms with Crippen molar-refractivity contribution in [1.82, 2.24) is 4.98 Å². The number of hydrogen-bond donors (Lipinski definition) is 0. The van der Waals surface area contributed by atoms with Crippen LogP contribution in [0.5, 0.6) is 0 Å². The van der Waals surface area contributed by atoms with Crippen LogP contribution in [-0.4, -0.2) is 4.98 Å². The van der Waals surface area contributed by atoms with E-state index in [9.17, 15) is 0 Å². The van der Waals surface area contributed by atoms with Crippen LogP contribution in [0.1, 0.15) is 11.0 Å². The van der Waals surface area contributed by atoms with Gasteiger partial charge in [0, 0.05) is 31.1 Å².